The first kappa shape index (κ1) is 20.7. The number of carbonyl (C=O) groups is 1. The maximum atomic E-state index is 13.9. The van der Waals surface area contributed by atoms with Crippen LogP contribution < -0.4 is 5.32 Å². The van der Waals surface area contributed by atoms with Crippen molar-refractivity contribution in [1.29, 1.82) is 0 Å². The summed E-state index contributed by atoms with van der Waals surface area (Å²) in [7, 11) is 0. The average molecular weight is 436 g/mol. The van der Waals surface area contributed by atoms with Crippen LogP contribution in [-0.4, -0.2) is 11.9 Å². The van der Waals surface area contributed by atoms with Gasteiger partial charge in [-0.25, -0.2) is 0 Å². The van der Waals surface area contributed by atoms with E-state index in [0.29, 0.717) is 24.3 Å². The second kappa shape index (κ2) is 8.48. The van der Waals surface area contributed by atoms with Crippen LogP contribution in [0, 0.1) is 23.7 Å². The molecular formula is C31H33NO. The van der Waals surface area contributed by atoms with Crippen molar-refractivity contribution in [2.24, 2.45) is 23.7 Å². The fourth-order valence-corrected chi connectivity index (χ4v) is 7.61. The van der Waals surface area contributed by atoms with Gasteiger partial charge >= 0.3 is 0 Å². The van der Waals surface area contributed by atoms with Gasteiger partial charge in [0.25, 0.3) is 0 Å². The molecule has 33 heavy (non-hydrogen) atoms. The quantitative estimate of drug-likeness (QED) is 0.449. The van der Waals surface area contributed by atoms with E-state index < -0.39 is 5.41 Å². The first-order chi connectivity index (χ1) is 16.2. The number of hydrogen-bond donors (Lipinski definition) is 1. The van der Waals surface area contributed by atoms with Gasteiger partial charge in [-0.15, -0.1) is 0 Å². The van der Waals surface area contributed by atoms with Gasteiger partial charge in [0.2, 0.25) is 5.91 Å². The average Bonchev–Trinajstić information content (AvgIpc) is 2.86. The van der Waals surface area contributed by atoms with Crippen LogP contribution >= 0.6 is 0 Å². The second-order valence-corrected chi connectivity index (χ2v) is 10.7. The molecule has 1 amide bonds. The molecule has 1 N–H and O–H groups in total. The molecular weight excluding hydrogens is 402 g/mol. The molecule has 2 heteroatoms. The van der Waals surface area contributed by atoms with Crippen molar-refractivity contribution in [1.82, 2.24) is 5.32 Å². The Kier molecular flexibility index (Phi) is 5.32. The molecule has 3 aromatic rings. The molecule has 0 aliphatic heterocycles. The molecule has 0 spiro atoms. The molecule has 0 unspecified atom stereocenters. The van der Waals surface area contributed by atoms with Gasteiger partial charge in [0.05, 0.1) is 5.41 Å². The summed E-state index contributed by atoms with van der Waals surface area (Å²) >= 11 is 0. The lowest BCUT2D eigenvalue weighted by atomic mass is 9.54. The highest BCUT2D eigenvalue weighted by atomic mass is 16.1. The third-order valence-electron chi connectivity index (χ3n) is 8.78. The maximum absolute atomic E-state index is 13.9. The molecule has 0 saturated heterocycles. The molecule has 2 nitrogen and oxygen atoms in total. The van der Waals surface area contributed by atoms with E-state index in [4.69, 9.17) is 0 Å². The van der Waals surface area contributed by atoms with Crippen LogP contribution in [0.2, 0.25) is 0 Å². The molecule has 168 valence electrons. The molecule has 4 fully saturated rings. The first-order valence-corrected chi connectivity index (χ1v) is 12.7. The zero-order valence-electron chi connectivity index (χ0n) is 19.2. The van der Waals surface area contributed by atoms with Crippen LogP contribution in [0.1, 0.15) is 55.2 Å². The summed E-state index contributed by atoms with van der Waals surface area (Å²) in [5.41, 5.74) is 2.99. The fourth-order valence-electron chi connectivity index (χ4n) is 7.61. The normalized spacial score (nSPS) is 27.9. The van der Waals surface area contributed by atoms with Crippen molar-refractivity contribution in [2.75, 3.05) is 0 Å². The Bertz CT molecular complexity index is 967. The molecule has 7 rings (SSSR count). The van der Waals surface area contributed by atoms with Crippen LogP contribution in [-0.2, 0) is 10.2 Å². The number of hydrogen-bond acceptors (Lipinski definition) is 1. The van der Waals surface area contributed by atoms with Crippen molar-refractivity contribution < 1.29 is 4.79 Å². The molecule has 0 heterocycles. The Balaban J connectivity index is 1.37. The Morgan fingerprint density at radius 3 is 1.42 bits per heavy atom. The number of nitrogens with one attached hydrogen (secondary N) is 1. The van der Waals surface area contributed by atoms with Gasteiger partial charge < -0.3 is 5.32 Å². The SMILES string of the molecule is O=C(CC(c1ccccc1)(c1ccccc1)c1ccccc1)NC1C2CC3CC(C2)CC1C3. The van der Waals surface area contributed by atoms with Crippen LogP contribution in [0.25, 0.3) is 0 Å². The third-order valence-corrected chi connectivity index (χ3v) is 8.78. The predicted molar refractivity (Wildman–Crippen MR) is 133 cm³/mol. The lowest BCUT2D eigenvalue weighted by Crippen LogP contribution is -2.56. The number of rotatable bonds is 6. The van der Waals surface area contributed by atoms with E-state index in [0.717, 1.165) is 11.8 Å². The summed E-state index contributed by atoms with van der Waals surface area (Å²) in [5, 5.41) is 3.59. The summed E-state index contributed by atoms with van der Waals surface area (Å²) in [4.78, 5) is 13.9. The highest BCUT2D eigenvalue weighted by Gasteiger charge is 2.49. The largest absolute Gasteiger partial charge is 0.353 e. The molecule has 0 radical (unpaired) electrons. The minimum atomic E-state index is -0.514. The van der Waals surface area contributed by atoms with Crippen LogP contribution in [0.4, 0.5) is 0 Å². The summed E-state index contributed by atoms with van der Waals surface area (Å²) < 4.78 is 0. The van der Waals surface area contributed by atoms with Crippen LogP contribution in [0.15, 0.2) is 91.0 Å². The number of amides is 1. The maximum Gasteiger partial charge on any atom is 0.221 e. The fraction of sp³-hybridized carbons (Fsp3) is 0.387. The van der Waals surface area contributed by atoms with Crippen molar-refractivity contribution in [2.45, 2.75) is 50.0 Å². The molecule has 4 bridgehead atoms. The second-order valence-electron chi connectivity index (χ2n) is 10.7. The van der Waals surface area contributed by atoms with Crippen molar-refractivity contribution in [3.63, 3.8) is 0 Å². The molecule has 0 aromatic heterocycles. The Morgan fingerprint density at radius 2 is 1.03 bits per heavy atom. The Hall–Kier alpha value is -2.87. The predicted octanol–water partition coefficient (Wildman–Crippen LogP) is 6.35. The van der Waals surface area contributed by atoms with Crippen LogP contribution in [0.3, 0.4) is 0 Å². The summed E-state index contributed by atoms with van der Waals surface area (Å²) in [6, 6.07) is 32.1. The van der Waals surface area contributed by atoms with E-state index >= 15 is 0 Å². The number of carbonyl (C=O) groups excluding carboxylic acids is 1. The van der Waals surface area contributed by atoms with Crippen LogP contribution in [0.5, 0.6) is 0 Å². The standard InChI is InChI=1S/C31H33NO/c33-29(32-30-24-17-22-16-23(19-24)20-25(30)18-22)21-31(26-10-4-1-5-11-26,27-12-6-2-7-13-27)28-14-8-3-9-15-28/h1-15,22-25,30H,16-21H2,(H,32,33). The van der Waals surface area contributed by atoms with E-state index in [-0.39, 0.29) is 5.91 Å². The molecule has 4 saturated carbocycles. The highest BCUT2D eigenvalue weighted by molar-refractivity contribution is 5.80. The lowest BCUT2D eigenvalue weighted by molar-refractivity contribution is -0.125. The molecule has 4 aliphatic rings. The van der Waals surface area contributed by atoms with E-state index in [1.54, 1.807) is 0 Å². The molecule has 0 atom stereocenters. The van der Waals surface area contributed by atoms with Gasteiger partial charge in [0, 0.05) is 12.5 Å². The Morgan fingerprint density at radius 1 is 0.636 bits per heavy atom. The molecule has 3 aromatic carbocycles. The van der Waals surface area contributed by atoms with Crippen molar-refractivity contribution >= 4 is 5.91 Å². The van der Waals surface area contributed by atoms with E-state index in [2.05, 4.69) is 96.3 Å². The minimum absolute atomic E-state index is 0.184. The summed E-state index contributed by atoms with van der Waals surface area (Å²) in [5.74, 6) is 3.38. The van der Waals surface area contributed by atoms with E-state index in [1.807, 2.05) is 0 Å². The van der Waals surface area contributed by atoms with E-state index in [9.17, 15) is 4.79 Å². The summed E-state index contributed by atoms with van der Waals surface area (Å²) in [6.07, 6.45) is 7.14. The first-order valence-electron chi connectivity index (χ1n) is 12.7. The van der Waals surface area contributed by atoms with Gasteiger partial charge in [0.15, 0.2) is 0 Å². The lowest BCUT2D eigenvalue weighted by Gasteiger charge is -2.54. The van der Waals surface area contributed by atoms with Crippen molar-refractivity contribution in [3.05, 3.63) is 108 Å². The summed E-state index contributed by atoms with van der Waals surface area (Å²) in [6.45, 7) is 0. The third kappa shape index (κ3) is 3.70. The monoisotopic (exact) mass is 435 g/mol. The topological polar surface area (TPSA) is 29.1 Å². The Labute approximate surface area is 197 Å². The van der Waals surface area contributed by atoms with Gasteiger partial charge in [-0.3, -0.25) is 4.79 Å². The smallest absolute Gasteiger partial charge is 0.221 e. The zero-order valence-corrected chi connectivity index (χ0v) is 19.2. The number of benzene rings is 3. The van der Waals surface area contributed by atoms with Gasteiger partial charge in [-0.2, -0.15) is 0 Å². The van der Waals surface area contributed by atoms with Crippen molar-refractivity contribution in [3.8, 4) is 0 Å². The van der Waals surface area contributed by atoms with Gasteiger partial charge in [-0.05, 0) is 72.5 Å². The van der Waals surface area contributed by atoms with Gasteiger partial charge in [0.1, 0.15) is 0 Å². The minimum Gasteiger partial charge on any atom is -0.353 e. The van der Waals surface area contributed by atoms with E-state index in [1.165, 1.54) is 48.8 Å². The van der Waals surface area contributed by atoms with Gasteiger partial charge in [-0.1, -0.05) is 91.0 Å². The zero-order chi connectivity index (χ0) is 22.3. The molecule has 4 aliphatic carbocycles. The highest BCUT2D eigenvalue weighted by Crippen LogP contribution is 2.54.